The van der Waals surface area contributed by atoms with Gasteiger partial charge in [-0.15, -0.1) is 0 Å². The second-order valence-corrected chi connectivity index (χ2v) is 5.61. The molecule has 7 nitrogen and oxygen atoms in total. The lowest BCUT2D eigenvalue weighted by Crippen LogP contribution is -2.45. The van der Waals surface area contributed by atoms with Gasteiger partial charge in [0, 0.05) is 37.6 Å². The first-order valence-electron chi connectivity index (χ1n) is 7.33. The number of nitro benzene ring substituents is 1. The van der Waals surface area contributed by atoms with Crippen LogP contribution in [0.1, 0.15) is 30.1 Å². The first kappa shape index (κ1) is 14.9. The molecule has 0 bridgehead atoms. The Morgan fingerprint density at radius 2 is 1.91 bits per heavy atom. The van der Waals surface area contributed by atoms with E-state index in [2.05, 4.69) is 0 Å². The van der Waals surface area contributed by atoms with E-state index in [0.29, 0.717) is 50.4 Å². The summed E-state index contributed by atoms with van der Waals surface area (Å²) >= 11 is 0. The molecule has 2 fully saturated rings. The fraction of sp³-hybridized carbons (Fsp3) is 0.533. The molecule has 0 aliphatic carbocycles. The highest BCUT2D eigenvalue weighted by Crippen LogP contribution is 2.36. The molecule has 1 aromatic rings. The van der Waals surface area contributed by atoms with Crippen LogP contribution in [0.25, 0.3) is 0 Å². The maximum atomic E-state index is 11.4. The third-order valence-electron chi connectivity index (χ3n) is 4.26. The van der Waals surface area contributed by atoms with Gasteiger partial charge in [-0.1, -0.05) is 0 Å². The Morgan fingerprint density at radius 1 is 1.27 bits per heavy atom. The summed E-state index contributed by atoms with van der Waals surface area (Å²) in [7, 11) is 0. The van der Waals surface area contributed by atoms with Gasteiger partial charge in [0.25, 0.3) is 5.69 Å². The van der Waals surface area contributed by atoms with Gasteiger partial charge in [-0.05, 0) is 19.1 Å². The van der Waals surface area contributed by atoms with Crippen molar-refractivity contribution in [2.75, 3.05) is 31.2 Å². The van der Waals surface area contributed by atoms with Crippen LogP contribution in [0, 0.1) is 10.1 Å². The van der Waals surface area contributed by atoms with E-state index in [9.17, 15) is 14.9 Å². The van der Waals surface area contributed by atoms with Crippen molar-refractivity contribution in [1.82, 2.24) is 0 Å². The number of ether oxygens (including phenoxy) is 2. The number of rotatable bonds is 3. The van der Waals surface area contributed by atoms with Gasteiger partial charge in [0.2, 0.25) is 0 Å². The van der Waals surface area contributed by atoms with E-state index in [1.165, 1.54) is 13.0 Å². The molecule has 1 aromatic carbocycles. The molecule has 2 aliphatic rings. The van der Waals surface area contributed by atoms with E-state index in [1.54, 1.807) is 12.1 Å². The quantitative estimate of drug-likeness (QED) is 0.483. The molecule has 0 saturated carbocycles. The lowest BCUT2D eigenvalue weighted by Gasteiger charge is -2.38. The summed E-state index contributed by atoms with van der Waals surface area (Å²) in [5.74, 6) is -0.690. The number of Topliss-reactive ketones (excluding diaryl/α,β-unsaturated/α-hetero) is 1. The third-order valence-corrected chi connectivity index (χ3v) is 4.26. The minimum absolute atomic E-state index is 0.0306. The Balaban J connectivity index is 1.83. The Labute approximate surface area is 128 Å². The van der Waals surface area contributed by atoms with Crippen molar-refractivity contribution >= 4 is 17.2 Å². The monoisotopic (exact) mass is 306 g/mol. The highest BCUT2D eigenvalue weighted by atomic mass is 16.7. The van der Waals surface area contributed by atoms with Crippen molar-refractivity contribution in [3.05, 3.63) is 33.9 Å². The number of piperidine rings is 1. The lowest BCUT2D eigenvalue weighted by atomic mass is 10.0. The molecule has 22 heavy (non-hydrogen) atoms. The molecule has 1 spiro atoms. The first-order chi connectivity index (χ1) is 10.5. The van der Waals surface area contributed by atoms with Crippen LogP contribution in [0.15, 0.2) is 18.2 Å². The fourth-order valence-electron chi connectivity index (χ4n) is 3.03. The zero-order valence-electron chi connectivity index (χ0n) is 12.4. The number of ketones is 1. The molecule has 0 aromatic heterocycles. The number of carbonyl (C=O) groups is 1. The minimum Gasteiger partial charge on any atom is -0.366 e. The smallest absolute Gasteiger partial charge is 0.293 e. The van der Waals surface area contributed by atoms with Crippen LogP contribution in [0.5, 0.6) is 0 Å². The predicted octanol–water partition coefficient (Wildman–Crippen LogP) is 2.14. The first-order valence-corrected chi connectivity index (χ1v) is 7.33. The maximum absolute atomic E-state index is 11.4. The third kappa shape index (κ3) is 2.69. The molecule has 118 valence electrons. The van der Waals surface area contributed by atoms with Gasteiger partial charge < -0.3 is 14.4 Å². The number of anilines is 1. The van der Waals surface area contributed by atoms with Crippen LogP contribution in [0.4, 0.5) is 11.4 Å². The van der Waals surface area contributed by atoms with Crippen molar-refractivity contribution in [3.8, 4) is 0 Å². The highest BCUT2D eigenvalue weighted by molar-refractivity contribution is 5.95. The largest absolute Gasteiger partial charge is 0.366 e. The van der Waals surface area contributed by atoms with E-state index in [4.69, 9.17) is 9.47 Å². The molecule has 0 N–H and O–H groups in total. The molecule has 0 amide bonds. The second-order valence-electron chi connectivity index (χ2n) is 5.61. The van der Waals surface area contributed by atoms with E-state index in [0.717, 1.165) is 0 Å². The van der Waals surface area contributed by atoms with E-state index >= 15 is 0 Å². The highest BCUT2D eigenvalue weighted by Gasteiger charge is 2.40. The van der Waals surface area contributed by atoms with Crippen LogP contribution < -0.4 is 4.90 Å². The normalized spacial score (nSPS) is 20.3. The summed E-state index contributed by atoms with van der Waals surface area (Å²) in [6.45, 7) is 3.86. The van der Waals surface area contributed by atoms with Crippen molar-refractivity contribution in [2.45, 2.75) is 25.6 Å². The Kier molecular flexibility index (Phi) is 3.84. The average molecular weight is 306 g/mol. The van der Waals surface area contributed by atoms with Crippen molar-refractivity contribution < 1.29 is 19.2 Å². The summed E-state index contributed by atoms with van der Waals surface area (Å²) in [6.07, 6.45) is 1.36. The number of nitrogens with zero attached hydrogens (tertiary/aromatic N) is 2. The molecule has 7 heteroatoms. The standard InChI is InChI=1S/C15H18N2O5/c1-11(18)12-2-3-13(14(10-12)17(19)20)16-6-4-15(5-7-16)21-8-9-22-15/h2-3,10H,4-9H2,1H3. The summed E-state index contributed by atoms with van der Waals surface area (Å²) in [5.41, 5.74) is 0.867. The Morgan fingerprint density at radius 3 is 2.45 bits per heavy atom. The van der Waals surface area contributed by atoms with Crippen LogP contribution in [-0.4, -0.2) is 42.8 Å². The number of carbonyl (C=O) groups excluding carboxylic acids is 1. The van der Waals surface area contributed by atoms with E-state index in [1.807, 2.05) is 4.90 Å². The van der Waals surface area contributed by atoms with Crippen molar-refractivity contribution in [3.63, 3.8) is 0 Å². The van der Waals surface area contributed by atoms with Gasteiger partial charge >= 0.3 is 0 Å². The van der Waals surface area contributed by atoms with Gasteiger partial charge in [-0.25, -0.2) is 0 Å². The second kappa shape index (κ2) is 5.66. The van der Waals surface area contributed by atoms with Crippen LogP contribution in [0.3, 0.4) is 0 Å². The number of hydrogen-bond donors (Lipinski definition) is 0. The minimum atomic E-state index is -0.509. The van der Waals surface area contributed by atoms with Gasteiger partial charge in [0.1, 0.15) is 5.69 Å². The molecule has 2 saturated heterocycles. The fourth-order valence-corrected chi connectivity index (χ4v) is 3.03. The zero-order chi connectivity index (χ0) is 15.7. The van der Waals surface area contributed by atoms with Gasteiger partial charge in [-0.2, -0.15) is 0 Å². The molecule has 2 heterocycles. The van der Waals surface area contributed by atoms with Gasteiger partial charge in [-0.3, -0.25) is 14.9 Å². The molecule has 2 aliphatic heterocycles. The van der Waals surface area contributed by atoms with Gasteiger partial charge in [0.15, 0.2) is 11.6 Å². The molecular weight excluding hydrogens is 288 g/mol. The number of hydrogen-bond acceptors (Lipinski definition) is 6. The SMILES string of the molecule is CC(=O)c1ccc(N2CCC3(CC2)OCCO3)c([N+](=O)[O-])c1. The van der Waals surface area contributed by atoms with Crippen LogP contribution in [-0.2, 0) is 9.47 Å². The lowest BCUT2D eigenvalue weighted by molar-refractivity contribution is -0.384. The summed E-state index contributed by atoms with van der Waals surface area (Å²) in [4.78, 5) is 24.2. The van der Waals surface area contributed by atoms with Gasteiger partial charge in [0.05, 0.1) is 18.1 Å². The Bertz CT molecular complexity index is 600. The van der Waals surface area contributed by atoms with Crippen LogP contribution >= 0.6 is 0 Å². The average Bonchev–Trinajstić information content (AvgIpc) is 2.95. The summed E-state index contributed by atoms with van der Waals surface area (Å²) in [5, 5.41) is 11.3. The topological polar surface area (TPSA) is 81.9 Å². The zero-order valence-corrected chi connectivity index (χ0v) is 12.4. The van der Waals surface area contributed by atoms with E-state index in [-0.39, 0.29) is 11.5 Å². The molecule has 0 unspecified atom stereocenters. The van der Waals surface area contributed by atoms with Crippen LogP contribution in [0.2, 0.25) is 0 Å². The molecule has 0 radical (unpaired) electrons. The van der Waals surface area contributed by atoms with E-state index < -0.39 is 10.7 Å². The molecule has 0 atom stereocenters. The predicted molar refractivity (Wildman–Crippen MR) is 79.2 cm³/mol. The number of nitro groups is 1. The Hall–Kier alpha value is -1.99. The summed E-state index contributed by atoms with van der Waals surface area (Å²) in [6, 6.07) is 4.64. The molecular formula is C15H18N2O5. The number of benzene rings is 1. The van der Waals surface area contributed by atoms with Crippen molar-refractivity contribution in [2.24, 2.45) is 0 Å². The molecule has 3 rings (SSSR count). The summed E-state index contributed by atoms with van der Waals surface area (Å²) < 4.78 is 11.3. The van der Waals surface area contributed by atoms with Crippen molar-refractivity contribution in [1.29, 1.82) is 0 Å². The maximum Gasteiger partial charge on any atom is 0.293 e.